The van der Waals surface area contributed by atoms with Crippen LogP contribution < -0.4 is 16.6 Å². The van der Waals surface area contributed by atoms with Gasteiger partial charge in [-0.2, -0.15) is 0 Å². The van der Waals surface area contributed by atoms with Crippen molar-refractivity contribution in [3.05, 3.63) is 11.4 Å². The number of nitrogens with two attached hydrogens (primary N) is 3. The number of rotatable bonds is 3. The van der Waals surface area contributed by atoms with Gasteiger partial charge in [0.2, 0.25) is 5.16 Å². The zero-order chi connectivity index (χ0) is 11.8. The minimum atomic E-state index is -4.15. The van der Waals surface area contributed by atoms with Crippen molar-refractivity contribution in [2.45, 2.75) is 5.16 Å². The van der Waals surface area contributed by atoms with Crippen LogP contribution >= 0.6 is 0 Å². The van der Waals surface area contributed by atoms with E-state index in [0.717, 1.165) is 0 Å². The molecule has 1 aromatic rings. The average Bonchev–Trinajstić information content (AvgIpc) is 2.45. The molecule has 0 aromatic carbocycles. The van der Waals surface area contributed by atoms with E-state index in [9.17, 15) is 18.0 Å². The summed E-state index contributed by atoms with van der Waals surface area (Å²) in [6.07, 6.45) is 0. The molecule has 0 atom stereocenters. The molecular weight excluding hydrogens is 226 g/mol. The molecule has 82 valence electrons. The highest BCUT2D eigenvalue weighted by Crippen LogP contribution is 2.08. The summed E-state index contributed by atoms with van der Waals surface area (Å²) in [4.78, 5) is 26.8. The third-order valence-electron chi connectivity index (χ3n) is 1.43. The van der Waals surface area contributed by atoms with Crippen molar-refractivity contribution in [2.24, 2.45) is 16.6 Å². The minimum absolute atomic E-state index is 0.494. The van der Waals surface area contributed by atoms with E-state index < -0.39 is 38.4 Å². The van der Waals surface area contributed by atoms with Gasteiger partial charge < -0.3 is 16.5 Å². The molecular formula is C5H7N5O4S. The number of nitrogens with zero attached hydrogens (tertiary/aromatic N) is 1. The molecule has 0 saturated carbocycles. The second-order valence-corrected chi connectivity index (χ2v) is 4.02. The predicted octanol–water partition coefficient (Wildman–Crippen LogP) is -2.75. The number of primary sulfonamides is 1. The van der Waals surface area contributed by atoms with Crippen molar-refractivity contribution in [3.63, 3.8) is 0 Å². The summed E-state index contributed by atoms with van der Waals surface area (Å²) in [5.41, 5.74) is 8.64. The van der Waals surface area contributed by atoms with E-state index >= 15 is 0 Å². The lowest BCUT2D eigenvalue weighted by Crippen LogP contribution is -2.20. The molecule has 2 amide bonds. The molecule has 0 aliphatic heterocycles. The molecule has 9 nitrogen and oxygen atoms in total. The molecule has 15 heavy (non-hydrogen) atoms. The molecule has 1 aromatic heterocycles. The van der Waals surface area contributed by atoms with Crippen molar-refractivity contribution in [3.8, 4) is 0 Å². The fourth-order valence-corrected chi connectivity index (χ4v) is 1.31. The quantitative estimate of drug-likeness (QED) is 0.441. The van der Waals surface area contributed by atoms with Gasteiger partial charge in [0.05, 0.1) is 0 Å². The van der Waals surface area contributed by atoms with Crippen LogP contribution in [-0.4, -0.2) is 30.2 Å². The summed E-state index contributed by atoms with van der Waals surface area (Å²) in [5.74, 6) is -2.15. The number of hydrogen-bond donors (Lipinski definition) is 4. The van der Waals surface area contributed by atoms with Gasteiger partial charge in [-0.05, 0) is 0 Å². The number of amides is 2. The lowest BCUT2D eigenvalue weighted by atomic mass is 10.3. The fraction of sp³-hybridized carbons (Fsp3) is 0. The van der Waals surface area contributed by atoms with Gasteiger partial charge in [-0.1, -0.05) is 0 Å². The van der Waals surface area contributed by atoms with Crippen LogP contribution in [-0.2, 0) is 10.0 Å². The van der Waals surface area contributed by atoms with Gasteiger partial charge in [-0.3, -0.25) is 9.59 Å². The third kappa shape index (κ3) is 2.11. The maximum Gasteiger partial charge on any atom is 0.271 e. The lowest BCUT2D eigenvalue weighted by Gasteiger charge is -1.90. The Kier molecular flexibility index (Phi) is 2.47. The van der Waals surface area contributed by atoms with Crippen LogP contribution in [0.5, 0.6) is 0 Å². The van der Waals surface area contributed by atoms with Gasteiger partial charge in [0, 0.05) is 0 Å². The Bertz CT molecular complexity index is 498. The summed E-state index contributed by atoms with van der Waals surface area (Å²) >= 11 is 0. The van der Waals surface area contributed by atoms with Crippen LogP contribution in [0.4, 0.5) is 0 Å². The molecule has 1 rings (SSSR count). The summed E-state index contributed by atoms with van der Waals surface area (Å²) < 4.78 is 21.6. The molecule has 0 saturated heterocycles. The normalized spacial score (nSPS) is 11.3. The van der Waals surface area contributed by atoms with E-state index in [0.29, 0.717) is 0 Å². The Morgan fingerprint density at radius 1 is 1.20 bits per heavy atom. The van der Waals surface area contributed by atoms with Gasteiger partial charge in [-0.15, -0.1) is 0 Å². The average molecular weight is 233 g/mol. The van der Waals surface area contributed by atoms with Crippen LogP contribution in [0.1, 0.15) is 21.0 Å². The van der Waals surface area contributed by atoms with Gasteiger partial charge >= 0.3 is 0 Å². The first kappa shape index (κ1) is 11.1. The molecule has 0 spiro atoms. The highest BCUT2D eigenvalue weighted by Gasteiger charge is 2.23. The Hall–Kier alpha value is -1.94. The van der Waals surface area contributed by atoms with Crippen molar-refractivity contribution in [1.29, 1.82) is 0 Å². The number of nitrogens with one attached hydrogen (secondary N) is 1. The number of hydrogen-bond acceptors (Lipinski definition) is 5. The molecule has 0 fully saturated rings. The first-order valence-electron chi connectivity index (χ1n) is 3.46. The third-order valence-corrected chi connectivity index (χ3v) is 2.16. The molecule has 0 aliphatic carbocycles. The minimum Gasteiger partial charge on any atom is -0.364 e. The standard InChI is InChI=1S/C5H7N5O4S/c6-3(11)1-2(4(7)12)10-5(9-1)15(8,13)14/h(H2,6,11)(H2,7,12)(H,9,10)(H2,8,13,14). The zero-order valence-corrected chi connectivity index (χ0v) is 8.04. The van der Waals surface area contributed by atoms with Gasteiger partial charge in [0.25, 0.3) is 21.8 Å². The van der Waals surface area contributed by atoms with Gasteiger partial charge in [0.15, 0.2) is 5.69 Å². The summed E-state index contributed by atoms with van der Waals surface area (Å²) in [6, 6.07) is 0. The molecule has 7 N–H and O–H groups in total. The van der Waals surface area contributed by atoms with Crippen molar-refractivity contribution in [1.82, 2.24) is 9.97 Å². The Morgan fingerprint density at radius 2 is 1.73 bits per heavy atom. The smallest absolute Gasteiger partial charge is 0.271 e. The number of carbonyl (C=O) groups is 2. The molecule has 1 heterocycles. The summed E-state index contributed by atoms with van der Waals surface area (Å²) in [5, 5.41) is 3.97. The van der Waals surface area contributed by atoms with E-state index in [2.05, 4.69) is 4.98 Å². The summed E-state index contributed by atoms with van der Waals surface area (Å²) in [6.45, 7) is 0. The van der Waals surface area contributed by atoms with E-state index in [1.165, 1.54) is 0 Å². The molecule has 10 heteroatoms. The predicted molar refractivity (Wildman–Crippen MR) is 47.0 cm³/mol. The largest absolute Gasteiger partial charge is 0.364 e. The number of sulfonamides is 1. The topological polar surface area (TPSA) is 175 Å². The molecule has 0 aliphatic rings. The SMILES string of the molecule is NC(=O)c1nc(S(N)(=O)=O)[nH]c1C(N)=O. The number of aromatic nitrogens is 2. The molecule has 0 unspecified atom stereocenters. The Balaban J connectivity index is 3.47. The first-order chi connectivity index (χ1) is 6.73. The number of carbonyl (C=O) groups excluding carboxylic acids is 2. The van der Waals surface area contributed by atoms with Crippen molar-refractivity contribution < 1.29 is 18.0 Å². The van der Waals surface area contributed by atoms with E-state index in [-0.39, 0.29) is 0 Å². The lowest BCUT2D eigenvalue weighted by molar-refractivity contribution is 0.0962. The molecule has 0 radical (unpaired) electrons. The van der Waals surface area contributed by atoms with Gasteiger partial charge in [0.1, 0.15) is 5.69 Å². The highest BCUT2D eigenvalue weighted by molar-refractivity contribution is 7.89. The van der Waals surface area contributed by atoms with Crippen LogP contribution in [0.3, 0.4) is 0 Å². The van der Waals surface area contributed by atoms with Crippen molar-refractivity contribution >= 4 is 21.8 Å². The summed E-state index contributed by atoms with van der Waals surface area (Å²) in [7, 11) is -4.15. The Labute approximate surface area is 83.7 Å². The number of aromatic amines is 1. The van der Waals surface area contributed by atoms with E-state index in [1.54, 1.807) is 0 Å². The monoisotopic (exact) mass is 233 g/mol. The molecule has 0 bridgehead atoms. The van der Waals surface area contributed by atoms with Crippen molar-refractivity contribution in [2.75, 3.05) is 0 Å². The zero-order valence-electron chi connectivity index (χ0n) is 7.22. The van der Waals surface area contributed by atoms with E-state index in [1.807, 2.05) is 4.98 Å². The van der Waals surface area contributed by atoms with Crippen LogP contribution in [0.15, 0.2) is 5.16 Å². The Morgan fingerprint density at radius 3 is 2.00 bits per heavy atom. The fourth-order valence-electron chi connectivity index (χ4n) is 0.843. The number of primary amides is 2. The highest BCUT2D eigenvalue weighted by atomic mass is 32.2. The van der Waals surface area contributed by atoms with Crippen LogP contribution in [0, 0.1) is 0 Å². The first-order valence-corrected chi connectivity index (χ1v) is 5.00. The van der Waals surface area contributed by atoms with Gasteiger partial charge in [-0.25, -0.2) is 18.5 Å². The second-order valence-electron chi connectivity index (χ2n) is 2.54. The maximum absolute atomic E-state index is 10.8. The second kappa shape index (κ2) is 3.33. The number of imidazole rings is 1. The maximum atomic E-state index is 10.8. The van der Waals surface area contributed by atoms with E-state index in [4.69, 9.17) is 16.6 Å². The number of H-pyrrole nitrogens is 1. The van der Waals surface area contributed by atoms with Crippen LogP contribution in [0.25, 0.3) is 0 Å². The van der Waals surface area contributed by atoms with Crippen LogP contribution in [0.2, 0.25) is 0 Å².